The van der Waals surface area contributed by atoms with Gasteiger partial charge in [0.2, 0.25) is 0 Å². The van der Waals surface area contributed by atoms with Gasteiger partial charge in [-0.2, -0.15) is 0 Å². The van der Waals surface area contributed by atoms with E-state index in [2.05, 4.69) is 9.98 Å². The molecule has 0 fully saturated rings. The fourth-order valence-electron chi connectivity index (χ4n) is 0.509. The van der Waals surface area contributed by atoms with Gasteiger partial charge in [0.15, 0.2) is 0 Å². The van der Waals surface area contributed by atoms with E-state index in [-0.39, 0.29) is 5.92 Å². The second-order valence-corrected chi connectivity index (χ2v) is 1.55. The summed E-state index contributed by atoms with van der Waals surface area (Å²) in [4.78, 5) is 7.71. The number of nitrogens with zero attached hydrogens (tertiary/aromatic N) is 2. The third kappa shape index (κ3) is 0.992. The molecule has 0 unspecified atom stereocenters. The summed E-state index contributed by atoms with van der Waals surface area (Å²) in [6.45, 7) is 0.532. The summed E-state index contributed by atoms with van der Waals surface area (Å²) in [5.74, 6) is 0.0451. The van der Waals surface area contributed by atoms with Crippen LogP contribution < -0.4 is 0 Å². The third-order valence-corrected chi connectivity index (χ3v) is 0.911. The maximum absolute atomic E-state index is 6.79. The molecule has 8 heavy (non-hydrogen) atoms. The first-order valence-corrected chi connectivity index (χ1v) is 2.44. The fraction of sp³-hybridized carbons (Fsp3) is 0.400. The summed E-state index contributed by atoms with van der Waals surface area (Å²) < 4.78 is 0. The van der Waals surface area contributed by atoms with Crippen LogP contribution in [0.5, 0.6) is 0 Å². The Morgan fingerprint density at radius 3 is 2.50 bits per heavy atom. The molecule has 0 aromatic rings. The molecule has 0 atom stereocenters. The largest absolute Gasteiger partial charge is 0.312 e. The maximum Gasteiger partial charge on any atom is 0.128 e. The van der Waals surface area contributed by atoms with Crippen LogP contribution >= 0.6 is 0 Å². The van der Waals surface area contributed by atoms with E-state index in [1.807, 2.05) is 0 Å². The molecular formula is C5H7N3. The van der Waals surface area contributed by atoms with Crippen molar-refractivity contribution in [2.45, 2.75) is 0 Å². The maximum atomic E-state index is 6.79. The minimum absolute atomic E-state index is 0.0451. The molecular weight excluding hydrogens is 102 g/mol. The Kier molecular flexibility index (Phi) is 1.51. The van der Waals surface area contributed by atoms with Crippen LogP contribution in [0.25, 0.3) is 0 Å². The van der Waals surface area contributed by atoms with Crippen LogP contribution in [0.3, 0.4) is 0 Å². The summed E-state index contributed by atoms with van der Waals surface area (Å²) in [5.41, 5.74) is 0. The van der Waals surface area contributed by atoms with Gasteiger partial charge in [-0.25, -0.2) is 0 Å². The average Bonchev–Trinajstić information content (AvgIpc) is 1.90. The highest BCUT2D eigenvalue weighted by atomic mass is 14.9. The van der Waals surface area contributed by atoms with Crippen molar-refractivity contribution in [1.82, 2.24) is 0 Å². The Morgan fingerprint density at radius 2 is 2.12 bits per heavy atom. The van der Waals surface area contributed by atoms with Crippen LogP contribution in [-0.2, 0) is 0 Å². The molecule has 3 heteroatoms. The van der Waals surface area contributed by atoms with Gasteiger partial charge in [-0.1, -0.05) is 0 Å². The number of hydrogen-bond acceptors (Lipinski definition) is 3. The highest BCUT2D eigenvalue weighted by Gasteiger charge is 1.97. The van der Waals surface area contributed by atoms with E-state index in [4.69, 9.17) is 5.41 Å². The van der Waals surface area contributed by atoms with Crippen molar-refractivity contribution < 1.29 is 0 Å². The number of aliphatic imine (C=N–C) groups is 2. The molecule has 42 valence electrons. The van der Waals surface area contributed by atoms with Crippen LogP contribution in [0.4, 0.5) is 0 Å². The Hall–Kier alpha value is -0.990. The van der Waals surface area contributed by atoms with Crippen molar-refractivity contribution in [3.05, 3.63) is 0 Å². The molecule has 0 saturated heterocycles. The Labute approximate surface area is 47.7 Å². The van der Waals surface area contributed by atoms with Gasteiger partial charge in [0, 0.05) is 18.6 Å². The summed E-state index contributed by atoms with van der Waals surface area (Å²) in [6, 6.07) is 0. The highest BCUT2D eigenvalue weighted by molar-refractivity contribution is 6.00. The van der Waals surface area contributed by atoms with E-state index in [1.165, 1.54) is 6.21 Å². The van der Waals surface area contributed by atoms with E-state index in [9.17, 15) is 0 Å². The number of rotatable bonds is 1. The van der Waals surface area contributed by atoms with Gasteiger partial charge in [-0.15, -0.1) is 0 Å². The average molecular weight is 109 g/mol. The summed E-state index contributed by atoms with van der Waals surface area (Å²) in [6.07, 6.45) is 4.76. The van der Waals surface area contributed by atoms with Crippen LogP contribution in [0.15, 0.2) is 9.98 Å². The van der Waals surface area contributed by atoms with Crippen molar-refractivity contribution in [3.63, 3.8) is 0 Å². The lowest BCUT2D eigenvalue weighted by atomic mass is 10.2. The molecule has 1 N–H and O–H groups in total. The van der Waals surface area contributed by atoms with Crippen molar-refractivity contribution in [2.24, 2.45) is 15.9 Å². The molecule has 1 rings (SSSR count). The first-order valence-electron chi connectivity index (χ1n) is 2.44. The van der Waals surface area contributed by atoms with Crippen molar-refractivity contribution in [3.8, 4) is 0 Å². The summed E-state index contributed by atoms with van der Waals surface area (Å²) in [5, 5.41) is 6.79. The molecule has 3 nitrogen and oxygen atoms in total. The number of hydrogen-bond donors (Lipinski definition) is 1. The first-order chi connectivity index (χ1) is 3.93. The predicted octanol–water partition coefficient (Wildman–Crippen LogP) is 0.365. The molecule has 0 bridgehead atoms. The first kappa shape index (κ1) is 5.15. The molecule has 0 saturated carbocycles. The number of nitrogens with one attached hydrogen (secondary N) is 1. The second kappa shape index (κ2) is 2.35. The van der Waals surface area contributed by atoms with Crippen LogP contribution in [0, 0.1) is 11.3 Å². The van der Waals surface area contributed by atoms with Gasteiger partial charge in [-0.05, 0) is 0 Å². The zero-order chi connectivity index (χ0) is 5.82. The Morgan fingerprint density at radius 1 is 1.50 bits per heavy atom. The van der Waals surface area contributed by atoms with Gasteiger partial charge in [0.1, 0.15) is 6.67 Å². The molecule has 0 spiro atoms. The van der Waals surface area contributed by atoms with E-state index in [0.717, 1.165) is 0 Å². The zero-order valence-electron chi connectivity index (χ0n) is 4.41. The molecule has 1 heterocycles. The molecule has 0 amide bonds. The van der Waals surface area contributed by atoms with E-state index in [1.54, 1.807) is 12.4 Å². The third-order valence-electron chi connectivity index (χ3n) is 0.911. The van der Waals surface area contributed by atoms with Gasteiger partial charge in [0.25, 0.3) is 0 Å². The standard InChI is InChI=1S/C5H7N3/c6-1-5-2-7-4-8-3-5/h1-3,5-6H,4H2. The topological polar surface area (TPSA) is 48.6 Å². The Bertz CT molecular complexity index is 125. The molecule has 0 radical (unpaired) electrons. The van der Waals surface area contributed by atoms with Gasteiger partial charge in [0.05, 0.1) is 5.92 Å². The molecule has 1 aliphatic heterocycles. The minimum atomic E-state index is 0.0451. The summed E-state index contributed by atoms with van der Waals surface area (Å²) in [7, 11) is 0. The lowest BCUT2D eigenvalue weighted by Crippen LogP contribution is -2.08. The van der Waals surface area contributed by atoms with Crippen LogP contribution in [0.1, 0.15) is 0 Å². The van der Waals surface area contributed by atoms with Gasteiger partial charge < -0.3 is 5.41 Å². The zero-order valence-corrected chi connectivity index (χ0v) is 4.41. The highest BCUT2D eigenvalue weighted by Crippen LogP contribution is 1.89. The van der Waals surface area contributed by atoms with Gasteiger partial charge >= 0.3 is 0 Å². The normalized spacial score (nSPS) is 19.0. The fourth-order valence-corrected chi connectivity index (χ4v) is 0.509. The smallest absolute Gasteiger partial charge is 0.128 e. The summed E-state index contributed by atoms with van der Waals surface area (Å²) >= 11 is 0. The van der Waals surface area contributed by atoms with E-state index < -0.39 is 0 Å². The van der Waals surface area contributed by atoms with Gasteiger partial charge in [-0.3, -0.25) is 9.98 Å². The van der Waals surface area contributed by atoms with Crippen LogP contribution in [0.2, 0.25) is 0 Å². The van der Waals surface area contributed by atoms with Crippen molar-refractivity contribution in [2.75, 3.05) is 6.67 Å². The van der Waals surface area contributed by atoms with E-state index >= 15 is 0 Å². The van der Waals surface area contributed by atoms with E-state index in [0.29, 0.717) is 6.67 Å². The Balaban J connectivity index is 2.54. The SMILES string of the molecule is N=CC1C=NCN=C1. The minimum Gasteiger partial charge on any atom is -0.312 e. The molecule has 0 aromatic carbocycles. The monoisotopic (exact) mass is 109 g/mol. The van der Waals surface area contributed by atoms with Crippen molar-refractivity contribution >= 4 is 18.6 Å². The lowest BCUT2D eigenvalue weighted by molar-refractivity contribution is 1.03. The molecule has 0 aliphatic carbocycles. The molecule has 0 aromatic heterocycles. The quantitative estimate of drug-likeness (QED) is 0.473. The second-order valence-electron chi connectivity index (χ2n) is 1.55. The lowest BCUT2D eigenvalue weighted by Gasteiger charge is -1.99. The predicted molar refractivity (Wildman–Crippen MR) is 34.1 cm³/mol. The molecule has 1 aliphatic rings. The van der Waals surface area contributed by atoms with Crippen LogP contribution in [-0.4, -0.2) is 25.3 Å². The van der Waals surface area contributed by atoms with Crippen molar-refractivity contribution in [1.29, 1.82) is 5.41 Å².